The summed E-state index contributed by atoms with van der Waals surface area (Å²) in [5.41, 5.74) is 4.65. The summed E-state index contributed by atoms with van der Waals surface area (Å²) < 4.78 is 1.88. The first-order chi connectivity index (χ1) is 16.2. The maximum Gasteiger partial charge on any atom is 0.257 e. The zero-order valence-corrected chi connectivity index (χ0v) is 19.5. The van der Waals surface area contributed by atoms with Crippen LogP contribution in [0.1, 0.15) is 26.6 Å². The van der Waals surface area contributed by atoms with Crippen molar-refractivity contribution in [2.24, 2.45) is 0 Å². The third kappa shape index (κ3) is 5.05. The number of amides is 1. The minimum Gasteiger partial charge on any atom is -0.336 e. The molecule has 2 aromatic carbocycles. The van der Waals surface area contributed by atoms with Crippen LogP contribution >= 0.6 is 11.3 Å². The Balaban J connectivity index is 1.33. The number of rotatable bonds is 6. The van der Waals surface area contributed by atoms with Gasteiger partial charge in [0.2, 0.25) is 0 Å². The first kappa shape index (κ1) is 21.6. The first-order valence-corrected chi connectivity index (χ1v) is 12.1. The lowest BCUT2D eigenvalue weighted by atomic mass is 10.1. The van der Waals surface area contributed by atoms with Crippen molar-refractivity contribution in [1.82, 2.24) is 24.6 Å². The zero-order chi connectivity index (χ0) is 22.6. The number of carbonyl (C=O) groups is 1. The van der Waals surface area contributed by atoms with E-state index in [9.17, 15) is 4.79 Å². The predicted molar refractivity (Wildman–Crippen MR) is 131 cm³/mol. The molecule has 3 heterocycles. The van der Waals surface area contributed by atoms with Crippen LogP contribution in [-0.4, -0.2) is 56.7 Å². The average molecular weight is 458 g/mol. The summed E-state index contributed by atoms with van der Waals surface area (Å²) in [5.74, 6) is 0.0531. The molecule has 1 amide bonds. The van der Waals surface area contributed by atoms with Gasteiger partial charge in [0.15, 0.2) is 0 Å². The van der Waals surface area contributed by atoms with Crippen molar-refractivity contribution in [2.45, 2.75) is 20.0 Å². The average Bonchev–Trinajstić information content (AvgIpc) is 3.46. The van der Waals surface area contributed by atoms with Gasteiger partial charge in [-0.2, -0.15) is 5.10 Å². The molecule has 1 aliphatic rings. The minimum atomic E-state index is 0.0531. The fraction of sp³-hybridized carbons (Fsp3) is 0.269. The summed E-state index contributed by atoms with van der Waals surface area (Å²) in [6.07, 6.45) is 1.90. The molecule has 4 aromatic rings. The van der Waals surface area contributed by atoms with Crippen LogP contribution in [0.5, 0.6) is 0 Å². The second kappa shape index (κ2) is 9.68. The van der Waals surface area contributed by atoms with E-state index in [0.29, 0.717) is 25.2 Å². The van der Waals surface area contributed by atoms with Gasteiger partial charge in [0.05, 0.1) is 22.8 Å². The lowest BCUT2D eigenvalue weighted by molar-refractivity contribution is 0.0628. The van der Waals surface area contributed by atoms with Gasteiger partial charge >= 0.3 is 0 Å². The summed E-state index contributed by atoms with van der Waals surface area (Å²) >= 11 is 1.69. The third-order valence-electron chi connectivity index (χ3n) is 5.94. The van der Waals surface area contributed by atoms with Crippen molar-refractivity contribution >= 4 is 17.2 Å². The van der Waals surface area contributed by atoms with Crippen molar-refractivity contribution in [3.63, 3.8) is 0 Å². The van der Waals surface area contributed by atoms with Crippen molar-refractivity contribution in [3.8, 4) is 11.3 Å². The van der Waals surface area contributed by atoms with Crippen LogP contribution in [0.25, 0.3) is 11.3 Å². The number of thiazole rings is 1. The number of aryl methyl sites for hydroxylation is 1. The van der Waals surface area contributed by atoms with Gasteiger partial charge in [-0.3, -0.25) is 14.4 Å². The Morgan fingerprint density at radius 2 is 1.64 bits per heavy atom. The van der Waals surface area contributed by atoms with E-state index in [1.807, 2.05) is 71.2 Å². The van der Waals surface area contributed by atoms with E-state index in [1.165, 1.54) is 0 Å². The normalized spacial score (nSPS) is 14.5. The monoisotopic (exact) mass is 457 g/mol. The standard InChI is InChI=1S/C26H27N5OS/c1-20-27-23(19-33-20)17-29-12-14-30(15-13-29)26(32)24-18-31(16-21-8-4-2-5-9-21)28-25(24)22-10-6-3-7-11-22/h2-11,18-19H,12-17H2,1H3. The molecule has 1 aliphatic heterocycles. The van der Waals surface area contributed by atoms with E-state index >= 15 is 0 Å². The summed E-state index contributed by atoms with van der Waals surface area (Å²) in [6, 6.07) is 20.2. The maximum absolute atomic E-state index is 13.6. The molecule has 0 aliphatic carbocycles. The molecule has 0 bridgehead atoms. The number of nitrogens with zero attached hydrogens (tertiary/aromatic N) is 5. The molecule has 7 heteroatoms. The van der Waals surface area contributed by atoms with Crippen molar-refractivity contribution in [2.75, 3.05) is 26.2 Å². The summed E-state index contributed by atoms with van der Waals surface area (Å²) in [6.45, 7) is 6.63. The molecule has 2 aromatic heterocycles. The Labute approximate surface area is 198 Å². The second-order valence-corrected chi connectivity index (χ2v) is 9.43. The van der Waals surface area contributed by atoms with Gasteiger partial charge in [0, 0.05) is 49.9 Å². The molecule has 0 radical (unpaired) electrons. The smallest absolute Gasteiger partial charge is 0.257 e. The zero-order valence-electron chi connectivity index (χ0n) is 18.7. The third-order valence-corrected chi connectivity index (χ3v) is 6.76. The quantitative estimate of drug-likeness (QED) is 0.433. The van der Waals surface area contributed by atoms with E-state index in [4.69, 9.17) is 5.10 Å². The number of aromatic nitrogens is 3. The van der Waals surface area contributed by atoms with Crippen LogP contribution in [0.15, 0.2) is 72.2 Å². The maximum atomic E-state index is 13.6. The molecule has 1 saturated heterocycles. The highest BCUT2D eigenvalue weighted by Gasteiger charge is 2.26. The molecule has 168 valence electrons. The molecule has 1 fully saturated rings. The molecular formula is C26H27N5OS. The molecule has 0 spiro atoms. The lowest BCUT2D eigenvalue weighted by Gasteiger charge is -2.34. The largest absolute Gasteiger partial charge is 0.336 e. The minimum absolute atomic E-state index is 0.0531. The van der Waals surface area contributed by atoms with Gasteiger partial charge in [-0.25, -0.2) is 4.98 Å². The van der Waals surface area contributed by atoms with Crippen LogP contribution < -0.4 is 0 Å². The molecule has 33 heavy (non-hydrogen) atoms. The van der Waals surface area contributed by atoms with Crippen LogP contribution in [0.2, 0.25) is 0 Å². The Kier molecular flexibility index (Phi) is 6.32. The van der Waals surface area contributed by atoms with E-state index in [2.05, 4.69) is 27.4 Å². The van der Waals surface area contributed by atoms with Gasteiger partial charge in [0.1, 0.15) is 5.69 Å². The van der Waals surface area contributed by atoms with Crippen molar-refractivity contribution in [1.29, 1.82) is 0 Å². The molecule has 6 nitrogen and oxygen atoms in total. The van der Waals surface area contributed by atoms with Gasteiger partial charge in [-0.15, -0.1) is 11.3 Å². The fourth-order valence-electron chi connectivity index (χ4n) is 4.23. The summed E-state index contributed by atoms with van der Waals surface area (Å²) in [5, 5.41) is 8.04. The number of carbonyl (C=O) groups excluding carboxylic acids is 1. The fourth-order valence-corrected chi connectivity index (χ4v) is 4.83. The van der Waals surface area contributed by atoms with E-state index in [1.54, 1.807) is 11.3 Å². The summed E-state index contributed by atoms with van der Waals surface area (Å²) in [4.78, 5) is 22.5. The topological polar surface area (TPSA) is 54.3 Å². The molecule has 5 rings (SSSR count). The van der Waals surface area contributed by atoms with Gasteiger partial charge in [-0.05, 0) is 12.5 Å². The van der Waals surface area contributed by atoms with Gasteiger partial charge in [-0.1, -0.05) is 60.7 Å². The van der Waals surface area contributed by atoms with E-state index in [0.717, 1.165) is 47.2 Å². The number of piperazine rings is 1. The second-order valence-electron chi connectivity index (χ2n) is 8.37. The van der Waals surface area contributed by atoms with Crippen LogP contribution in [0.4, 0.5) is 0 Å². The number of benzene rings is 2. The molecule has 0 atom stereocenters. The molecule has 0 saturated carbocycles. The highest BCUT2D eigenvalue weighted by atomic mass is 32.1. The Morgan fingerprint density at radius 1 is 0.939 bits per heavy atom. The van der Waals surface area contributed by atoms with E-state index < -0.39 is 0 Å². The van der Waals surface area contributed by atoms with Crippen molar-refractivity contribution in [3.05, 3.63) is 94.1 Å². The van der Waals surface area contributed by atoms with Crippen LogP contribution in [0, 0.1) is 6.92 Å². The van der Waals surface area contributed by atoms with Crippen molar-refractivity contribution < 1.29 is 4.79 Å². The Hall–Kier alpha value is -3.29. The predicted octanol–water partition coefficient (Wildman–Crippen LogP) is 4.32. The highest BCUT2D eigenvalue weighted by molar-refractivity contribution is 7.09. The Morgan fingerprint density at radius 3 is 2.30 bits per heavy atom. The lowest BCUT2D eigenvalue weighted by Crippen LogP contribution is -2.48. The van der Waals surface area contributed by atoms with Crippen LogP contribution in [0.3, 0.4) is 0 Å². The molecular weight excluding hydrogens is 430 g/mol. The molecule has 0 unspecified atom stereocenters. The Bertz CT molecular complexity index is 1210. The number of hydrogen-bond donors (Lipinski definition) is 0. The van der Waals surface area contributed by atoms with Gasteiger partial charge < -0.3 is 4.90 Å². The summed E-state index contributed by atoms with van der Waals surface area (Å²) in [7, 11) is 0. The number of hydrogen-bond acceptors (Lipinski definition) is 5. The first-order valence-electron chi connectivity index (χ1n) is 11.2. The van der Waals surface area contributed by atoms with E-state index in [-0.39, 0.29) is 5.91 Å². The molecule has 0 N–H and O–H groups in total. The highest BCUT2D eigenvalue weighted by Crippen LogP contribution is 2.24. The van der Waals surface area contributed by atoms with Gasteiger partial charge in [0.25, 0.3) is 5.91 Å². The SMILES string of the molecule is Cc1nc(CN2CCN(C(=O)c3cn(Cc4ccccc4)nc3-c3ccccc3)CC2)cs1. The van der Waals surface area contributed by atoms with Crippen LogP contribution in [-0.2, 0) is 13.1 Å².